The molecular weight excluding hydrogens is 278 g/mol. The van der Waals surface area contributed by atoms with E-state index in [1.165, 1.54) is 0 Å². The molecule has 0 saturated carbocycles. The second-order valence-electron chi connectivity index (χ2n) is 4.45. The maximum Gasteiger partial charge on any atom is 0.235 e. The molecule has 112 valence electrons. The Morgan fingerprint density at radius 1 is 1.30 bits per heavy atom. The van der Waals surface area contributed by atoms with Crippen LogP contribution in [-0.2, 0) is 27.1 Å². The Hall–Kier alpha value is -1.44. The largest absolute Gasteiger partial charge is 0.355 e. The second kappa shape index (κ2) is 7.98. The summed E-state index contributed by atoms with van der Waals surface area (Å²) in [5.74, 6) is -0.492. The van der Waals surface area contributed by atoms with Crippen molar-refractivity contribution in [2.24, 2.45) is 5.73 Å². The predicted molar refractivity (Wildman–Crippen MR) is 78.3 cm³/mol. The molecule has 0 aliphatic heterocycles. The third kappa shape index (κ3) is 6.14. The summed E-state index contributed by atoms with van der Waals surface area (Å²) in [5.41, 5.74) is 7.03. The molecule has 1 aromatic rings. The molecule has 1 amide bonds. The van der Waals surface area contributed by atoms with E-state index in [4.69, 9.17) is 5.73 Å². The van der Waals surface area contributed by atoms with Gasteiger partial charge in [-0.3, -0.25) is 4.79 Å². The number of hydrogen-bond acceptors (Lipinski definition) is 4. The van der Waals surface area contributed by atoms with E-state index in [0.717, 1.165) is 12.0 Å². The number of sulfonamides is 1. The van der Waals surface area contributed by atoms with Crippen LogP contribution >= 0.6 is 0 Å². The first-order valence-electron chi connectivity index (χ1n) is 6.48. The van der Waals surface area contributed by atoms with Crippen molar-refractivity contribution in [3.63, 3.8) is 0 Å². The fraction of sp³-hybridized carbons (Fsp3) is 0.462. The molecule has 0 aromatic heterocycles. The normalized spacial score (nSPS) is 11.3. The van der Waals surface area contributed by atoms with E-state index < -0.39 is 10.0 Å². The molecule has 0 atom stereocenters. The molecule has 4 N–H and O–H groups in total. The maximum atomic E-state index is 11.9. The van der Waals surface area contributed by atoms with Crippen molar-refractivity contribution in [2.45, 2.75) is 25.6 Å². The predicted octanol–water partition coefficient (Wildman–Crippen LogP) is 0.0909. The molecule has 7 heteroatoms. The summed E-state index contributed by atoms with van der Waals surface area (Å²) in [6.07, 6.45) is 0.810. The van der Waals surface area contributed by atoms with E-state index in [0.29, 0.717) is 18.7 Å². The van der Waals surface area contributed by atoms with Gasteiger partial charge in [0, 0.05) is 13.1 Å². The molecule has 0 radical (unpaired) electrons. The van der Waals surface area contributed by atoms with Crippen LogP contribution in [0.2, 0.25) is 0 Å². The number of carbonyl (C=O) groups is 1. The Kier molecular flexibility index (Phi) is 6.63. The van der Waals surface area contributed by atoms with Gasteiger partial charge in [-0.1, -0.05) is 31.2 Å². The van der Waals surface area contributed by atoms with Crippen LogP contribution in [0.4, 0.5) is 0 Å². The third-order valence-electron chi connectivity index (χ3n) is 2.61. The Bertz CT molecular complexity index is 544. The second-order valence-corrected chi connectivity index (χ2v) is 6.26. The highest BCUT2D eigenvalue weighted by molar-refractivity contribution is 7.88. The topological polar surface area (TPSA) is 101 Å². The van der Waals surface area contributed by atoms with Crippen LogP contribution in [0.15, 0.2) is 24.3 Å². The minimum atomic E-state index is -3.53. The van der Waals surface area contributed by atoms with Gasteiger partial charge in [0.05, 0.1) is 12.3 Å². The van der Waals surface area contributed by atoms with Gasteiger partial charge in [-0.05, 0) is 17.5 Å². The Balaban J connectivity index is 2.54. The van der Waals surface area contributed by atoms with Crippen molar-refractivity contribution in [3.05, 3.63) is 35.4 Å². The molecule has 0 heterocycles. The standard InChI is InChI=1S/C13H21N3O3S/c1-2-6-15-13(17)9-16-20(18,19)10-12-5-3-4-11(7-12)8-14/h3-5,7,16H,2,6,8-10,14H2,1H3,(H,15,17). The molecule has 0 bridgehead atoms. The van der Waals surface area contributed by atoms with Gasteiger partial charge in [-0.2, -0.15) is 0 Å². The van der Waals surface area contributed by atoms with E-state index in [-0.39, 0.29) is 18.2 Å². The summed E-state index contributed by atoms with van der Waals surface area (Å²) in [4.78, 5) is 11.3. The van der Waals surface area contributed by atoms with E-state index >= 15 is 0 Å². The average Bonchev–Trinajstić information content (AvgIpc) is 2.42. The molecule has 0 aliphatic carbocycles. The van der Waals surface area contributed by atoms with Crippen molar-refractivity contribution in [1.82, 2.24) is 10.0 Å². The summed E-state index contributed by atoms with van der Waals surface area (Å²) in [5, 5.41) is 2.60. The minimum absolute atomic E-state index is 0.165. The van der Waals surface area contributed by atoms with E-state index in [1.54, 1.807) is 18.2 Å². The number of carbonyl (C=O) groups excluding carboxylic acids is 1. The molecule has 0 unspecified atom stereocenters. The fourth-order valence-corrected chi connectivity index (χ4v) is 2.69. The van der Waals surface area contributed by atoms with E-state index in [2.05, 4.69) is 10.0 Å². The minimum Gasteiger partial charge on any atom is -0.355 e. The van der Waals surface area contributed by atoms with Crippen molar-refractivity contribution in [3.8, 4) is 0 Å². The molecule has 0 spiro atoms. The van der Waals surface area contributed by atoms with Crippen LogP contribution in [0.3, 0.4) is 0 Å². The van der Waals surface area contributed by atoms with Crippen molar-refractivity contribution in [2.75, 3.05) is 13.1 Å². The zero-order valence-corrected chi connectivity index (χ0v) is 12.4. The highest BCUT2D eigenvalue weighted by Gasteiger charge is 2.13. The third-order valence-corrected chi connectivity index (χ3v) is 3.91. The number of nitrogens with one attached hydrogen (secondary N) is 2. The molecule has 0 aliphatic rings. The first-order valence-corrected chi connectivity index (χ1v) is 8.14. The van der Waals surface area contributed by atoms with Crippen LogP contribution in [0.25, 0.3) is 0 Å². The first-order chi connectivity index (χ1) is 9.46. The zero-order valence-electron chi connectivity index (χ0n) is 11.6. The number of amides is 1. The molecule has 6 nitrogen and oxygen atoms in total. The zero-order chi connectivity index (χ0) is 15.0. The van der Waals surface area contributed by atoms with Gasteiger partial charge in [-0.15, -0.1) is 0 Å². The molecule has 1 rings (SSSR count). The lowest BCUT2D eigenvalue weighted by atomic mass is 10.1. The van der Waals surface area contributed by atoms with Crippen molar-refractivity contribution in [1.29, 1.82) is 0 Å². The smallest absolute Gasteiger partial charge is 0.235 e. The van der Waals surface area contributed by atoms with Gasteiger partial charge in [0.1, 0.15) is 0 Å². The van der Waals surface area contributed by atoms with Crippen LogP contribution in [0, 0.1) is 0 Å². The summed E-state index contributed by atoms with van der Waals surface area (Å²) < 4.78 is 26.0. The van der Waals surface area contributed by atoms with Gasteiger partial charge in [0.15, 0.2) is 0 Å². The van der Waals surface area contributed by atoms with Gasteiger partial charge in [0.2, 0.25) is 15.9 Å². The molecular formula is C13H21N3O3S. The summed E-state index contributed by atoms with van der Waals surface area (Å²) in [6.45, 7) is 2.59. The molecule has 20 heavy (non-hydrogen) atoms. The number of hydrogen-bond donors (Lipinski definition) is 3. The van der Waals surface area contributed by atoms with Crippen LogP contribution < -0.4 is 15.8 Å². The summed E-state index contributed by atoms with van der Waals surface area (Å²) in [6, 6.07) is 7.06. The van der Waals surface area contributed by atoms with Gasteiger partial charge in [-0.25, -0.2) is 13.1 Å². The van der Waals surface area contributed by atoms with Crippen LogP contribution in [0.5, 0.6) is 0 Å². The van der Waals surface area contributed by atoms with E-state index in [1.807, 2.05) is 13.0 Å². The highest BCUT2D eigenvalue weighted by Crippen LogP contribution is 2.08. The summed E-state index contributed by atoms with van der Waals surface area (Å²) in [7, 11) is -3.53. The van der Waals surface area contributed by atoms with E-state index in [9.17, 15) is 13.2 Å². The monoisotopic (exact) mass is 299 g/mol. The van der Waals surface area contributed by atoms with Crippen molar-refractivity contribution < 1.29 is 13.2 Å². The SMILES string of the molecule is CCCNC(=O)CNS(=O)(=O)Cc1cccc(CN)c1. The first kappa shape index (κ1) is 16.6. The summed E-state index contributed by atoms with van der Waals surface area (Å²) >= 11 is 0. The van der Waals surface area contributed by atoms with Gasteiger partial charge >= 0.3 is 0 Å². The lowest BCUT2D eigenvalue weighted by molar-refractivity contribution is -0.119. The number of rotatable bonds is 8. The molecule has 0 fully saturated rings. The van der Waals surface area contributed by atoms with Gasteiger partial charge in [0.25, 0.3) is 0 Å². The van der Waals surface area contributed by atoms with Crippen molar-refractivity contribution >= 4 is 15.9 Å². The van der Waals surface area contributed by atoms with Gasteiger partial charge < -0.3 is 11.1 Å². The number of benzene rings is 1. The number of nitrogens with two attached hydrogens (primary N) is 1. The Morgan fingerprint density at radius 2 is 2.00 bits per heavy atom. The molecule has 0 saturated heterocycles. The molecule has 1 aromatic carbocycles. The lowest BCUT2D eigenvalue weighted by Gasteiger charge is -2.08. The quantitative estimate of drug-likeness (QED) is 0.633. The van der Waals surface area contributed by atoms with Crippen LogP contribution in [-0.4, -0.2) is 27.4 Å². The Morgan fingerprint density at radius 3 is 2.65 bits per heavy atom. The highest BCUT2D eigenvalue weighted by atomic mass is 32.2. The Labute approximate surface area is 119 Å². The lowest BCUT2D eigenvalue weighted by Crippen LogP contribution is -2.37. The van der Waals surface area contributed by atoms with Crippen LogP contribution in [0.1, 0.15) is 24.5 Å². The average molecular weight is 299 g/mol. The fourth-order valence-electron chi connectivity index (χ4n) is 1.62. The maximum absolute atomic E-state index is 11.9.